The molecule has 0 spiro atoms. The Balaban J connectivity index is 2.01. The number of hydrogen-bond donors (Lipinski definition) is 2. The fraction of sp³-hybridized carbons (Fsp3) is 0.375. The minimum atomic E-state index is -0.945. The quantitative estimate of drug-likeness (QED) is 0.859. The molecule has 0 amide bonds. The van der Waals surface area contributed by atoms with Gasteiger partial charge >= 0.3 is 0 Å². The van der Waals surface area contributed by atoms with Crippen molar-refractivity contribution in [2.75, 3.05) is 13.7 Å². The first-order chi connectivity index (χ1) is 9.94. The predicted molar refractivity (Wildman–Crippen MR) is 83.3 cm³/mol. The molecule has 0 radical (unpaired) electrons. The lowest BCUT2D eigenvalue weighted by Crippen LogP contribution is -2.36. The fourth-order valence-electron chi connectivity index (χ4n) is 2.09. The van der Waals surface area contributed by atoms with E-state index in [1.54, 1.807) is 24.3 Å². The molecular weight excluding hydrogens is 289 g/mol. The second kappa shape index (κ2) is 6.56. The first-order valence-electron chi connectivity index (χ1n) is 6.76. The van der Waals surface area contributed by atoms with Gasteiger partial charge in [0.15, 0.2) is 11.6 Å². The van der Waals surface area contributed by atoms with Crippen molar-refractivity contribution in [2.24, 2.45) is 0 Å². The third-order valence-electron chi connectivity index (χ3n) is 3.57. The van der Waals surface area contributed by atoms with Gasteiger partial charge < -0.3 is 15.2 Å². The lowest BCUT2D eigenvalue weighted by molar-refractivity contribution is 0.0548. The van der Waals surface area contributed by atoms with E-state index in [4.69, 9.17) is 4.74 Å². The van der Waals surface area contributed by atoms with Gasteiger partial charge in [0.05, 0.1) is 7.11 Å². The van der Waals surface area contributed by atoms with Crippen LogP contribution in [0.4, 0.5) is 4.39 Å². The molecule has 3 nitrogen and oxygen atoms in total. The van der Waals surface area contributed by atoms with Crippen LogP contribution in [0.1, 0.15) is 31.0 Å². The Morgan fingerprint density at radius 1 is 1.43 bits per heavy atom. The summed E-state index contributed by atoms with van der Waals surface area (Å²) in [5, 5.41) is 17.6. The van der Waals surface area contributed by atoms with Gasteiger partial charge in [-0.05, 0) is 53.9 Å². The normalized spacial score (nSPS) is 15.5. The van der Waals surface area contributed by atoms with Crippen LogP contribution in [0.5, 0.6) is 5.75 Å². The van der Waals surface area contributed by atoms with Gasteiger partial charge in [0.25, 0.3) is 0 Å². The number of ether oxygens (including phenoxy) is 1. The molecular formula is C16H20FNO2S. The third-order valence-corrected chi connectivity index (χ3v) is 4.25. The predicted octanol–water partition coefficient (Wildman–Crippen LogP) is 3.45. The van der Waals surface area contributed by atoms with Crippen LogP contribution in [-0.4, -0.2) is 18.8 Å². The van der Waals surface area contributed by atoms with E-state index in [0.29, 0.717) is 6.54 Å². The maximum absolute atomic E-state index is 13.7. The summed E-state index contributed by atoms with van der Waals surface area (Å²) in [6.07, 6.45) is 0. The van der Waals surface area contributed by atoms with Gasteiger partial charge in [-0.15, -0.1) is 0 Å². The molecule has 114 valence electrons. The molecule has 0 aliphatic carbocycles. The molecule has 0 aliphatic heterocycles. The van der Waals surface area contributed by atoms with Gasteiger partial charge in [0.1, 0.15) is 5.60 Å². The first kappa shape index (κ1) is 15.9. The van der Waals surface area contributed by atoms with Gasteiger partial charge in [0.2, 0.25) is 0 Å². The van der Waals surface area contributed by atoms with Gasteiger partial charge in [0, 0.05) is 12.6 Å². The summed E-state index contributed by atoms with van der Waals surface area (Å²) < 4.78 is 18.6. The van der Waals surface area contributed by atoms with Crippen LogP contribution in [0, 0.1) is 5.82 Å². The molecule has 1 heterocycles. The topological polar surface area (TPSA) is 41.5 Å². The standard InChI is InChI=1S/C16H20FNO2S/c1-11(12-4-5-15(20-3)14(17)8-12)18-10-16(2,19)13-6-7-21-9-13/h4-9,11,18-19H,10H2,1-3H3. The summed E-state index contributed by atoms with van der Waals surface area (Å²) in [6.45, 7) is 4.09. The Morgan fingerprint density at radius 2 is 2.19 bits per heavy atom. The van der Waals surface area contributed by atoms with Crippen LogP contribution in [-0.2, 0) is 5.60 Å². The molecule has 0 fully saturated rings. The molecule has 0 saturated heterocycles. The molecule has 0 bridgehead atoms. The molecule has 1 aromatic heterocycles. The number of rotatable bonds is 6. The highest BCUT2D eigenvalue weighted by molar-refractivity contribution is 7.08. The molecule has 1 aromatic carbocycles. The SMILES string of the molecule is COc1ccc(C(C)NCC(C)(O)c2ccsc2)cc1F. The average Bonchev–Trinajstić information content (AvgIpc) is 2.99. The summed E-state index contributed by atoms with van der Waals surface area (Å²) in [4.78, 5) is 0. The molecule has 5 heteroatoms. The second-order valence-electron chi connectivity index (χ2n) is 5.28. The van der Waals surface area contributed by atoms with Crippen molar-refractivity contribution in [2.45, 2.75) is 25.5 Å². The maximum atomic E-state index is 13.7. The number of thiophene rings is 1. The second-order valence-corrected chi connectivity index (χ2v) is 6.06. The van der Waals surface area contributed by atoms with Crippen LogP contribution in [0.25, 0.3) is 0 Å². The number of hydrogen-bond acceptors (Lipinski definition) is 4. The van der Waals surface area contributed by atoms with E-state index in [1.807, 2.05) is 29.8 Å². The summed E-state index contributed by atoms with van der Waals surface area (Å²) in [5.74, 6) is -0.149. The maximum Gasteiger partial charge on any atom is 0.165 e. The molecule has 0 saturated carbocycles. The van der Waals surface area contributed by atoms with Crippen molar-refractivity contribution >= 4 is 11.3 Å². The monoisotopic (exact) mass is 309 g/mol. The highest BCUT2D eigenvalue weighted by Crippen LogP contribution is 2.25. The lowest BCUT2D eigenvalue weighted by Gasteiger charge is -2.25. The highest BCUT2D eigenvalue weighted by atomic mass is 32.1. The Kier molecular flexibility index (Phi) is 4.98. The van der Waals surface area contributed by atoms with Crippen LogP contribution in [0.3, 0.4) is 0 Å². The van der Waals surface area contributed by atoms with E-state index >= 15 is 0 Å². The molecule has 2 N–H and O–H groups in total. The summed E-state index contributed by atoms with van der Waals surface area (Å²) in [6, 6.07) is 6.72. The van der Waals surface area contributed by atoms with Crippen molar-refractivity contribution in [3.63, 3.8) is 0 Å². The minimum Gasteiger partial charge on any atom is -0.494 e. The van der Waals surface area contributed by atoms with Crippen molar-refractivity contribution < 1.29 is 14.2 Å². The molecule has 2 atom stereocenters. The van der Waals surface area contributed by atoms with E-state index in [2.05, 4.69) is 5.32 Å². The minimum absolute atomic E-state index is 0.0736. The smallest absolute Gasteiger partial charge is 0.165 e. The van der Waals surface area contributed by atoms with Crippen LogP contribution >= 0.6 is 11.3 Å². The first-order valence-corrected chi connectivity index (χ1v) is 7.70. The zero-order chi connectivity index (χ0) is 15.5. The number of nitrogens with one attached hydrogen (secondary N) is 1. The van der Waals surface area contributed by atoms with Gasteiger partial charge in [-0.25, -0.2) is 4.39 Å². The third kappa shape index (κ3) is 3.81. The van der Waals surface area contributed by atoms with Crippen LogP contribution < -0.4 is 10.1 Å². The Labute approximate surface area is 128 Å². The zero-order valence-electron chi connectivity index (χ0n) is 12.4. The molecule has 2 unspecified atom stereocenters. The van der Waals surface area contributed by atoms with Crippen LogP contribution in [0.2, 0.25) is 0 Å². The van der Waals surface area contributed by atoms with E-state index < -0.39 is 5.60 Å². The van der Waals surface area contributed by atoms with Crippen molar-refractivity contribution in [1.82, 2.24) is 5.32 Å². The van der Waals surface area contributed by atoms with Crippen molar-refractivity contribution in [3.8, 4) is 5.75 Å². The molecule has 21 heavy (non-hydrogen) atoms. The Hall–Kier alpha value is -1.43. The average molecular weight is 309 g/mol. The van der Waals surface area contributed by atoms with Gasteiger partial charge in [-0.1, -0.05) is 6.07 Å². The van der Waals surface area contributed by atoms with Crippen molar-refractivity contribution in [1.29, 1.82) is 0 Å². The highest BCUT2D eigenvalue weighted by Gasteiger charge is 2.24. The van der Waals surface area contributed by atoms with Gasteiger partial charge in [-0.3, -0.25) is 0 Å². The Bertz CT molecular complexity index is 584. The number of benzene rings is 1. The van der Waals surface area contributed by atoms with E-state index in [0.717, 1.165) is 11.1 Å². The Morgan fingerprint density at radius 3 is 2.76 bits per heavy atom. The van der Waals surface area contributed by atoms with Gasteiger partial charge in [-0.2, -0.15) is 11.3 Å². The summed E-state index contributed by atoms with van der Waals surface area (Å²) in [5.41, 5.74) is 0.752. The number of methoxy groups -OCH3 is 1. The largest absolute Gasteiger partial charge is 0.494 e. The fourth-order valence-corrected chi connectivity index (χ4v) is 2.88. The van der Waals surface area contributed by atoms with E-state index in [9.17, 15) is 9.50 Å². The lowest BCUT2D eigenvalue weighted by atomic mass is 9.98. The molecule has 0 aliphatic rings. The molecule has 2 rings (SSSR count). The van der Waals surface area contributed by atoms with E-state index in [-0.39, 0.29) is 17.6 Å². The number of halogens is 1. The summed E-state index contributed by atoms with van der Waals surface area (Å²) >= 11 is 1.55. The van der Waals surface area contributed by atoms with Crippen LogP contribution in [0.15, 0.2) is 35.0 Å². The van der Waals surface area contributed by atoms with Crippen molar-refractivity contribution in [3.05, 3.63) is 52.0 Å². The summed E-state index contributed by atoms with van der Waals surface area (Å²) in [7, 11) is 1.44. The van der Waals surface area contributed by atoms with E-state index in [1.165, 1.54) is 13.2 Å². The molecule has 2 aromatic rings. The zero-order valence-corrected chi connectivity index (χ0v) is 13.2. The number of aliphatic hydroxyl groups is 1.